The van der Waals surface area contributed by atoms with E-state index in [1.807, 2.05) is 30.1 Å². The van der Waals surface area contributed by atoms with Crippen LogP contribution in [0.5, 0.6) is 0 Å². The number of aromatic nitrogens is 3. The molecule has 2 aliphatic heterocycles. The van der Waals surface area contributed by atoms with Crippen LogP contribution in [0.2, 0.25) is 0 Å². The standard InChI is InChI=1S/C21H30N6O2/c1-22-20(28)19-7-6-17(25(19)2)18-5-3-4-8-27(18)15-16-13-23-21(24-14-16)26-9-11-29-12-10-26/h6-7,13-14,18H,3-5,8-12,15H2,1-2H3,(H,22,28)/t18-/m0/s1. The Morgan fingerprint density at radius 1 is 1.17 bits per heavy atom. The smallest absolute Gasteiger partial charge is 0.267 e. The lowest BCUT2D eigenvalue weighted by molar-refractivity contribution is 0.0952. The molecule has 4 heterocycles. The molecule has 8 nitrogen and oxygen atoms in total. The van der Waals surface area contributed by atoms with Crippen LogP contribution in [0.4, 0.5) is 5.95 Å². The number of anilines is 1. The summed E-state index contributed by atoms with van der Waals surface area (Å²) in [4.78, 5) is 25.9. The van der Waals surface area contributed by atoms with E-state index in [0.717, 1.165) is 57.3 Å². The molecule has 8 heteroatoms. The molecular formula is C21H30N6O2. The van der Waals surface area contributed by atoms with Crippen LogP contribution in [0, 0.1) is 0 Å². The Balaban J connectivity index is 1.48. The maximum atomic E-state index is 12.1. The molecule has 0 spiro atoms. The van der Waals surface area contributed by atoms with Crippen molar-refractivity contribution in [3.8, 4) is 0 Å². The van der Waals surface area contributed by atoms with Gasteiger partial charge in [-0.3, -0.25) is 9.69 Å². The summed E-state index contributed by atoms with van der Waals surface area (Å²) >= 11 is 0. The van der Waals surface area contributed by atoms with Crippen molar-refractivity contribution in [1.82, 2.24) is 24.8 Å². The Labute approximate surface area is 171 Å². The summed E-state index contributed by atoms with van der Waals surface area (Å²) in [5.74, 6) is 0.734. The van der Waals surface area contributed by atoms with E-state index in [4.69, 9.17) is 4.74 Å². The van der Waals surface area contributed by atoms with Gasteiger partial charge in [-0.1, -0.05) is 6.42 Å². The van der Waals surface area contributed by atoms with Crippen molar-refractivity contribution >= 4 is 11.9 Å². The number of morpholine rings is 1. The number of piperidine rings is 1. The number of likely N-dealkylation sites (tertiary alicyclic amines) is 1. The molecule has 0 unspecified atom stereocenters. The molecule has 2 aromatic rings. The second kappa shape index (κ2) is 8.92. The largest absolute Gasteiger partial charge is 0.378 e. The van der Waals surface area contributed by atoms with Crippen molar-refractivity contribution in [3.63, 3.8) is 0 Å². The molecular weight excluding hydrogens is 368 g/mol. The van der Waals surface area contributed by atoms with Gasteiger partial charge in [0.2, 0.25) is 5.95 Å². The van der Waals surface area contributed by atoms with E-state index in [0.29, 0.717) is 11.7 Å². The van der Waals surface area contributed by atoms with Crippen LogP contribution in [0.3, 0.4) is 0 Å². The van der Waals surface area contributed by atoms with Crippen molar-refractivity contribution in [2.45, 2.75) is 31.8 Å². The van der Waals surface area contributed by atoms with E-state index in [9.17, 15) is 4.79 Å². The summed E-state index contributed by atoms with van der Waals surface area (Å²) in [6.45, 7) is 5.00. The molecule has 0 saturated carbocycles. The van der Waals surface area contributed by atoms with E-state index < -0.39 is 0 Å². The summed E-state index contributed by atoms with van der Waals surface area (Å²) in [7, 11) is 3.65. The molecule has 156 valence electrons. The first-order chi connectivity index (χ1) is 14.2. The first kappa shape index (κ1) is 19.8. The number of ether oxygens (including phenoxy) is 1. The number of carbonyl (C=O) groups excluding carboxylic acids is 1. The third-order valence-corrected chi connectivity index (χ3v) is 5.95. The molecule has 0 bridgehead atoms. The number of rotatable bonds is 5. The van der Waals surface area contributed by atoms with Crippen molar-refractivity contribution in [3.05, 3.63) is 41.5 Å². The highest BCUT2D eigenvalue weighted by atomic mass is 16.5. The van der Waals surface area contributed by atoms with Gasteiger partial charge in [-0.2, -0.15) is 0 Å². The Kier molecular flexibility index (Phi) is 6.10. The van der Waals surface area contributed by atoms with E-state index in [2.05, 4.69) is 31.2 Å². The van der Waals surface area contributed by atoms with Gasteiger partial charge in [-0.05, 0) is 31.5 Å². The summed E-state index contributed by atoms with van der Waals surface area (Å²) in [5, 5.41) is 2.72. The Bertz CT molecular complexity index is 828. The number of nitrogens with one attached hydrogen (secondary N) is 1. The van der Waals surface area contributed by atoms with Crippen LogP contribution < -0.4 is 10.2 Å². The van der Waals surface area contributed by atoms with Gasteiger partial charge in [-0.25, -0.2) is 9.97 Å². The quantitative estimate of drug-likeness (QED) is 0.827. The maximum Gasteiger partial charge on any atom is 0.267 e. The van der Waals surface area contributed by atoms with E-state index in [1.54, 1.807) is 7.05 Å². The molecule has 2 fully saturated rings. The minimum atomic E-state index is -0.0480. The van der Waals surface area contributed by atoms with Gasteiger partial charge < -0.3 is 19.5 Å². The first-order valence-electron chi connectivity index (χ1n) is 10.4. The first-order valence-corrected chi connectivity index (χ1v) is 10.4. The molecule has 1 N–H and O–H groups in total. The fourth-order valence-electron chi connectivity index (χ4n) is 4.32. The van der Waals surface area contributed by atoms with Crippen molar-refractivity contribution < 1.29 is 9.53 Å². The van der Waals surface area contributed by atoms with Gasteiger partial charge in [0, 0.05) is 57.4 Å². The minimum Gasteiger partial charge on any atom is -0.378 e. The minimum absolute atomic E-state index is 0.0480. The monoisotopic (exact) mass is 398 g/mol. The maximum absolute atomic E-state index is 12.1. The lowest BCUT2D eigenvalue weighted by Gasteiger charge is -2.36. The number of carbonyl (C=O) groups is 1. The van der Waals surface area contributed by atoms with E-state index in [-0.39, 0.29) is 5.91 Å². The van der Waals surface area contributed by atoms with Crippen LogP contribution >= 0.6 is 0 Å². The highest BCUT2D eigenvalue weighted by Crippen LogP contribution is 2.33. The molecule has 0 aliphatic carbocycles. The van der Waals surface area contributed by atoms with Crippen molar-refractivity contribution in [1.29, 1.82) is 0 Å². The second-order valence-corrected chi connectivity index (χ2v) is 7.75. The third-order valence-electron chi connectivity index (χ3n) is 5.95. The topological polar surface area (TPSA) is 75.5 Å². The highest BCUT2D eigenvalue weighted by molar-refractivity contribution is 5.92. The highest BCUT2D eigenvalue weighted by Gasteiger charge is 2.27. The van der Waals surface area contributed by atoms with Gasteiger partial charge >= 0.3 is 0 Å². The fourth-order valence-corrected chi connectivity index (χ4v) is 4.32. The number of hydrogen-bond donors (Lipinski definition) is 1. The molecule has 2 aliphatic rings. The van der Waals surface area contributed by atoms with Gasteiger partial charge in [0.25, 0.3) is 5.91 Å². The average Bonchev–Trinajstić information content (AvgIpc) is 3.16. The molecule has 0 aromatic carbocycles. The fraction of sp³-hybridized carbons (Fsp3) is 0.571. The average molecular weight is 399 g/mol. The van der Waals surface area contributed by atoms with Gasteiger partial charge in [-0.15, -0.1) is 0 Å². The molecule has 2 aromatic heterocycles. The molecule has 0 radical (unpaired) electrons. The molecule has 29 heavy (non-hydrogen) atoms. The van der Waals surface area contributed by atoms with Crippen LogP contribution in [0.15, 0.2) is 24.5 Å². The van der Waals surface area contributed by atoms with E-state index in [1.165, 1.54) is 18.5 Å². The Hall–Kier alpha value is -2.45. The lowest BCUT2D eigenvalue weighted by Crippen LogP contribution is -2.37. The summed E-state index contributed by atoms with van der Waals surface area (Å²) in [6, 6.07) is 4.30. The van der Waals surface area contributed by atoms with Crippen LogP contribution in [0.25, 0.3) is 0 Å². The summed E-state index contributed by atoms with van der Waals surface area (Å²) in [6.07, 6.45) is 7.39. The molecule has 2 saturated heterocycles. The Morgan fingerprint density at radius 3 is 2.66 bits per heavy atom. The van der Waals surface area contributed by atoms with Gasteiger partial charge in [0.05, 0.1) is 19.3 Å². The normalized spacial score (nSPS) is 20.6. The van der Waals surface area contributed by atoms with Crippen LogP contribution in [-0.4, -0.2) is 65.2 Å². The predicted octanol–water partition coefficient (Wildman–Crippen LogP) is 1.74. The Morgan fingerprint density at radius 2 is 1.93 bits per heavy atom. The third kappa shape index (κ3) is 4.28. The molecule has 1 amide bonds. The zero-order valence-electron chi connectivity index (χ0n) is 17.3. The lowest BCUT2D eigenvalue weighted by atomic mass is 9.98. The van der Waals surface area contributed by atoms with Crippen molar-refractivity contribution in [2.75, 3.05) is 44.8 Å². The zero-order chi connectivity index (χ0) is 20.2. The zero-order valence-corrected chi connectivity index (χ0v) is 17.3. The number of hydrogen-bond acceptors (Lipinski definition) is 6. The number of amides is 1. The summed E-state index contributed by atoms with van der Waals surface area (Å²) < 4.78 is 7.43. The van der Waals surface area contributed by atoms with E-state index >= 15 is 0 Å². The SMILES string of the molecule is CNC(=O)c1ccc([C@@H]2CCCCN2Cc2cnc(N3CCOCC3)nc2)n1C. The van der Waals surface area contributed by atoms with Crippen LogP contribution in [-0.2, 0) is 18.3 Å². The number of nitrogens with zero attached hydrogens (tertiary/aromatic N) is 5. The predicted molar refractivity (Wildman–Crippen MR) is 111 cm³/mol. The molecule has 4 rings (SSSR count). The molecule has 1 atom stereocenters. The van der Waals surface area contributed by atoms with Crippen molar-refractivity contribution in [2.24, 2.45) is 7.05 Å². The van der Waals surface area contributed by atoms with Gasteiger partial charge in [0.1, 0.15) is 5.69 Å². The second-order valence-electron chi connectivity index (χ2n) is 7.75. The summed E-state index contributed by atoms with van der Waals surface area (Å²) in [5.41, 5.74) is 3.01. The van der Waals surface area contributed by atoms with Gasteiger partial charge in [0.15, 0.2) is 0 Å². The van der Waals surface area contributed by atoms with Crippen LogP contribution in [0.1, 0.15) is 47.1 Å².